The molecule has 0 aromatic carbocycles. The molecule has 0 aromatic heterocycles. The quantitative estimate of drug-likeness (QED) is 0.492. The third kappa shape index (κ3) is 8.99. The van der Waals surface area contributed by atoms with Gasteiger partial charge in [-0.2, -0.15) is 0 Å². The molecule has 2 nitrogen and oxygen atoms in total. The second-order valence-corrected chi connectivity index (χ2v) is 0. The molecule has 0 aliphatic rings. The van der Waals surface area contributed by atoms with Gasteiger partial charge >= 0.3 is 48.9 Å². The topological polar surface area (TPSA) is 57.0 Å². The maximum atomic E-state index is 0. The molecule has 0 heterocycles. The Balaban J connectivity index is 0. The molecule has 0 rings (SSSR count). The molecule has 0 unspecified atom stereocenters. The third-order valence-corrected chi connectivity index (χ3v) is 0. The van der Waals surface area contributed by atoms with Crippen LogP contribution in [0.25, 0.3) is 0 Å². The summed E-state index contributed by atoms with van der Waals surface area (Å²) >= 11 is 0. The maximum absolute atomic E-state index is 0. The zero-order valence-electron chi connectivity index (χ0n) is 1.90. The molecule has 0 saturated carbocycles. The van der Waals surface area contributed by atoms with Crippen molar-refractivity contribution in [3.63, 3.8) is 0 Å². The van der Waals surface area contributed by atoms with Crippen molar-refractivity contribution in [2.75, 3.05) is 0 Å². The largest absolute Gasteiger partial charge is 2.00 e. The van der Waals surface area contributed by atoms with Gasteiger partial charge in [-0.05, 0) is 0 Å². The summed E-state index contributed by atoms with van der Waals surface area (Å²) in [6.45, 7) is 0. The standard InChI is InChI=1S/Ba.Mn.2O/q+2;;2*-2. The number of hydrogen-bond donors (Lipinski definition) is 0. The maximum Gasteiger partial charge on any atom is 2.00 e. The van der Waals surface area contributed by atoms with Crippen LogP contribution in [0.15, 0.2) is 0 Å². The molecule has 0 aliphatic carbocycles. The van der Waals surface area contributed by atoms with E-state index < -0.39 is 0 Å². The van der Waals surface area contributed by atoms with Crippen LogP contribution in [0.1, 0.15) is 0 Å². The molecule has 0 fully saturated rings. The number of rotatable bonds is 0. The van der Waals surface area contributed by atoms with Gasteiger partial charge in [0, 0.05) is 17.1 Å². The van der Waals surface area contributed by atoms with Gasteiger partial charge in [-0.15, -0.1) is 0 Å². The molecular weight excluding hydrogens is 224 g/mol. The van der Waals surface area contributed by atoms with Gasteiger partial charge in [-0.1, -0.05) is 0 Å². The van der Waals surface area contributed by atoms with Crippen molar-refractivity contribution < 1.29 is 28.0 Å². The summed E-state index contributed by atoms with van der Waals surface area (Å²) in [7, 11) is 0. The van der Waals surface area contributed by atoms with E-state index >= 15 is 0 Å². The van der Waals surface area contributed by atoms with Crippen molar-refractivity contribution in [2.45, 2.75) is 0 Å². The molecular formula is BaMnO2-2. The Bertz CT molecular complexity index is 6.00. The van der Waals surface area contributed by atoms with Crippen molar-refractivity contribution >= 4 is 48.9 Å². The molecule has 0 amide bonds. The van der Waals surface area contributed by atoms with Crippen LogP contribution in [0, 0.1) is 0 Å². The minimum absolute atomic E-state index is 0. The molecule has 0 N–H and O–H groups in total. The van der Waals surface area contributed by atoms with Gasteiger partial charge < -0.3 is 11.0 Å². The first-order chi connectivity index (χ1) is 0. The Morgan fingerprint density at radius 3 is 0.750 bits per heavy atom. The summed E-state index contributed by atoms with van der Waals surface area (Å²) in [5, 5.41) is 0. The fourth-order valence-electron chi connectivity index (χ4n) is 0. The fraction of sp³-hybridized carbons (Fsp3) is 0. The van der Waals surface area contributed by atoms with E-state index in [0.29, 0.717) is 0 Å². The fourth-order valence-corrected chi connectivity index (χ4v) is 0. The van der Waals surface area contributed by atoms with E-state index in [-0.39, 0.29) is 76.9 Å². The normalized spacial score (nSPS) is 0. The van der Waals surface area contributed by atoms with Gasteiger partial charge in [0.05, 0.1) is 0 Å². The summed E-state index contributed by atoms with van der Waals surface area (Å²) in [5.41, 5.74) is 0. The van der Waals surface area contributed by atoms with E-state index in [0.717, 1.165) is 0 Å². The van der Waals surface area contributed by atoms with E-state index in [9.17, 15) is 0 Å². The predicted octanol–water partition coefficient (Wildman–Crippen LogP) is -0.621. The summed E-state index contributed by atoms with van der Waals surface area (Å²) in [5.74, 6) is 0. The van der Waals surface area contributed by atoms with Crippen molar-refractivity contribution in [3.8, 4) is 0 Å². The summed E-state index contributed by atoms with van der Waals surface area (Å²) in [6.07, 6.45) is 0. The van der Waals surface area contributed by atoms with Crippen LogP contribution in [0.4, 0.5) is 0 Å². The summed E-state index contributed by atoms with van der Waals surface area (Å²) < 4.78 is 0. The Labute approximate surface area is 75.5 Å². The van der Waals surface area contributed by atoms with E-state index in [2.05, 4.69) is 0 Å². The molecule has 0 aromatic rings. The van der Waals surface area contributed by atoms with Gasteiger partial charge in [-0.25, -0.2) is 0 Å². The molecule has 0 aliphatic heterocycles. The van der Waals surface area contributed by atoms with Crippen LogP contribution in [0.2, 0.25) is 0 Å². The molecule has 0 atom stereocenters. The molecule has 1 radical (unpaired) electrons. The van der Waals surface area contributed by atoms with Crippen LogP contribution in [0.3, 0.4) is 0 Å². The Morgan fingerprint density at radius 2 is 0.750 bits per heavy atom. The van der Waals surface area contributed by atoms with Gasteiger partial charge in [0.25, 0.3) is 0 Å². The average molecular weight is 224 g/mol. The molecule has 0 spiro atoms. The molecule has 0 bridgehead atoms. The van der Waals surface area contributed by atoms with Gasteiger partial charge in [-0.3, -0.25) is 0 Å². The smallest absolute Gasteiger partial charge is 2.00 e. The first-order valence-corrected chi connectivity index (χ1v) is 0. The third-order valence-electron chi connectivity index (χ3n) is 0. The van der Waals surface area contributed by atoms with E-state index in [4.69, 9.17) is 0 Å². The molecule has 0 saturated heterocycles. The first-order valence-electron chi connectivity index (χ1n) is 0. The second kappa shape index (κ2) is 19.9. The van der Waals surface area contributed by atoms with Crippen molar-refractivity contribution in [2.24, 2.45) is 0 Å². The predicted molar refractivity (Wildman–Crippen MR) is 7.13 cm³/mol. The van der Waals surface area contributed by atoms with Crippen molar-refractivity contribution in [1.29, 1.82) is 0 Å². The van der Waals surface area contributed by atoms with E-state index in [1.165, 1.54) is 0 Å². The van der Waals surface area contributed by atoms with Crippen LogP contribution in [0.5, 0.6) is 0 Å². The van der Waals surface area contributed by atoms with Crippen molar-refractivity contribution in [3.05, 3.63) is 0 Å². The molecule has 4 heteroatoms. The Kier molecular flexibility index (Phi) is 186. The molecule has 23 valence electrons. The second-order valence-electron chi connectivity index (χ2n) is 0. The van der Waals surface area contributed by atoms with E-state index in [1.807, 2.05) is 0 Å². The average Bonchev–Trinajstić information content (AvgIpc) is 0. The number of hydrogen-bond acceptors (Lipinski definition) is 0. The Morgan fingerprint density at radius 1 is 0.750 bits per heavy atom. The van der Waals surface area contributed by atoms with Crippen molar-refractivity contribution in [1.82, 2.24) is 0 Å². The van der Waals surface area contributed by atoms with Crippen LogP contribution < -0.4 is 0 Å². The van der Waals surface area contributed by atoms with Gasteiger partial charge in [0.15, 0.2) is 0 Å². The van der Waals surface area contributed by atoms with Gasteiger partial charge in [0.2, 0.25) is 0 Å². The molecule has 4 heavy (non-hydrogen) atoms. The summed E-state index contributed by atoms with van der Waals surface area (Å²) in [6, 6.07) is 0. The van der Waals surface area contributed by atoms with Crippen LogP contribution >= 0.6 is 0 Å². The van der Waals surface area contributed by atoms with Gasteiger partial charge in [0.1, 0.15) is 0 Å². The van der Waals surface area contributed by atoms with E-state index in [1.54, 1.807) is 0 Å². The minimum Gasteiger partial charge on any atom is -2.00 e. The monoisotopic (exact) mass is 225 g/mol. The zero-order valence-corrected chi connectivity index (χ0v) is 7.52. The zero-order chi connectivity index (χ0) is 0. The van der Waals surface area contributed by atoms with Crippen LogP contribution in [-0.4, -0.2) is 48.9 Å². The minimum atomic E-state index is 0. The summed E-state index contributed by atoms with van der Waals surface area (Å²) in [4.78, 5) is 0. The Hall–Kier alpha value is 2.01. The first kappa shape index (κ1) is 37.3. The van der Waals surface area contributed by atoms with Crippen LogP contribution in [-0.2, 0) is 28.0 Å². The SMILES string of the molecule is [Ba+2].[Mn].[O-2].[O-2].